The lowest BCUT2D eigenvalue weighted by molar-refractivity contribution is -0.136. The fourth-order valence-electron chi connectivity index (χ4n) is 0.567. The van der Waals surface area contributed by atoms with Gasteiger partial charge in [0.2, 0.25) is 0 Å². The number of thioether (sulfide) groups is 1. The van der Waals surface area contributed by atoms with Gasteiger partial charge in [-0.3, -0.25) is 4.79 Å². The van der Waals surface area contributed by atoms with E-state index in [9.17, 15) is 4.79 Å². The number of aliphatic carboxylic acids is 1. The minimum atomic E-state index is -0.929. The Labute approximate surface area is 67.2 Å². The molecule has 0 fully saturated rings. The van der Waals surface area contributed by atoms with E-state index in [0.29, 0.717) is 11.0 Å². The minimum Gasteiger partial charge on any atom is -0.481 e. The molecule has 6 heteroatoms. The van der Waals surface area contributed by atoms with Gasteiger partial charge in [0, 0.05) is 6.26 Å². The van der Waals surface area contributed by atoms with Crippen LogP contribution in [0, 0.1) is 6.26 Å². The van der Waals surface area contributed by atoms with Crippen molar-refractivity contribution >= 4 is 17.7 Å². The van der Waals surface area contributed by atoms with E-state index in [1.807, 2.05) is 0 Å². The number of nitrogens with zero attached hydrogens (tertiary/aromatic N) is 2. The molecule has 0 bridgehead atoms. The maximum atomic E-state index is 10.2. The van der Waals surface area contributed by atoms with Crippen molar-refractivity contribution in [1.82, 2.24) is 15.2 Å². The van der Waals surface area contributed by atoms with Crippen LogP contribution in [-0.4, -0.2) is 26.3 Å². The van der Waals surface area contributed by atoms with Gasteiger partial charge in [0.1, 0.15) is 12.2 Å². The molecule has 0 saturated heterocycles. The van der Waals surface area contributed by atoms with Crippen LogP contribution in [-0.2, 0) is 11.2 Å². The Morgan fingerprint density at radius 1 is 1.73 bits per heavy atom. The van der Waals surface area contributed by atoms with Crippen LogP contribution in [0.1, 0.15) is 5.82 Å². The predicted octanol–water partition coefficient (Wildman–Crippen LogP) is 0.315. The van der Waals surface area contributed by atoms with Crippen molar-refractivity contribution in [3.63, 3.8) is 0 Å². The molecule has 5 nitrogen and oxygen atoms in total. The van der Waals surface area contributed by atoms with Crippen LogP contribution < -0.4 is 0 Å². The molecule has 1 radical (unpaired) electrons. The lowest BCUT2D eigenvalue weighted by Gasteiger charge is -1.85. The molecule has 0 saturated carbocycles. The topological polar surface area (TPSA) is 78.9 Å². The Kier molecular flexibility index (Phi) is 2.48. The van der Waals surface area contributed by atoms with Crippen molar-refractivity contribution in [2.45, 2.75) is 11.6 Å². The first-order chi connectivity index (χ1) is 5.22. The first kappa shape index (κ1) is 8.06. The summed E-state index contributed by atoms with van der Waals surface area (Å²) in [5.41, 5.74) is 0. The van der Waals surface area contributed by atoms with Crippen molar-refractivity contribution in [3.05, 3.63) is 12.1 Å². The van der Waals surface area contributed by atoms with Gasteiger partial charge in [0.25, 0.3) is 0 Å². The number of carboxylic acids is 1. The van der Waals surface area contributed by atoms with Gasteiger partial charge >= 0.3 is 5.97 Å². The van der Waals surface area contributed by atoms with E-state index in [4.69, 9.17) is 5.11 Å². The molecule has 0 spiro atoms. The van der Waals surface area contributed by atoms with Crippen molar-refractivity contribution in [3.8, 4) is 0 Å². The average molecular weight is 172 g/mol. The zero-order valence-electron chi connectivity index (χ0n) is 5.57. The van der Waals surface area contributed by atoms with Crippen LogP contribution in [0.3, 0.4) is 0 Å². The smallest absolute Gasteiger partial charge is 0.311 e. The molecule has 1 aromatic heterocycles. The lowest BCUT2D eigenvalue weighted by atomic mass is 10.4. The third-order valence-corrected chi connectivity index (χ3v) is 1.43. The number of hydrogen-bond acceptors (Lipinski definition) is 4. The second-order valence-electron chi connectivity index (χ2n) is 1.79. The van der Waals surface area contributed by atoms with E-state index in [1.165, 1.54) is 0 Å². The number of rotatable bonds is 3. The van der Waals surface area contributed by atoms with E-state index in [1.54, 1.807) is 0 Å². The summed E-state index contributed by atoms with van der Waals surface area (Å²) >= 11 is 1.14. The number of aromatic amines is 1. The van der Waals surface area contributed by atoms with Crippen LogP contribution in [0.4, 0.5) is 0 Å². The zero-order chi connectivity index (χ0) is 8.27. The van der Waals surface area contributed by atoms with Gasteiger partial charge in [0.15, 0.2) is 5.16 Å². The van der Waals surface area contributed by atoms with Crippen LogP contribution >= 0.6 is 11.8 Å². The summed E-state index contributed by atoms with van der Waals surface area (Å²) in [6.45, 7) is 0. The van der Waals surface area contributed by atoms with E-state index < -0.39 is 5.97 Å². The van der Waals surface area contributed by atoms with Crippen molar-refractivity contribution in [1.29, 1.82) is 0 Å². The van der Waals surface area contributed by atoms with Crippen molar-refractivity contribution in [2.75, 3.05) is 0 Å². The largest absolute Gasteiger partial charge is 0.481 e. The summed E-state index contributed by atoms with van der Waals surface area (Å²) in [7, 11) is 0. The highest BCUT2D eigenvalue weighted by Crippen LogP contribution is 2.08. The number of H-pyrrole nitrogens is 1. The minimum absolute atomic E-state index is 0.131. The molecule has 0 aromatic carbocycles. The van der Waals surface area contributed by atoms with Gasteiger partial charge < -0.3 is 10.1 Å². The SMILES string of the molecule is [CH2]Sc1nnc(CC(=O)O)[nH]1. The Bertz CT molecular complexity index is 260. The van der Waals surface area contributed by atoms with Gasteiger partial charge in [-0.25, -0.2) is 0 Å². The molecule has 0 unspecified atom stereocenters. The van der Waals surface area contributed by atoms with E-state index in [2.05, 4.69) is 21.4 Å². The summed E-state index contributed by atoms with van der Waals surface area (Å²) in [5.74, 6) is -0.578. The maximum absolute atomic E-state index is 10.2. The van der Waals surface area contributed by atoms with Crippen LogP contribution in [0.15, 0.2) is 5.16 Å². The standard InChI is InChI=1S/C5H6N3O2S/c1-11-5-6-3(7-8-5)2-4(9)10/h1-2H2,(H,9,10)(H,6,7,8). The molecular weight excluding hydrogens is 166 g/mol. The maximum Gasteiger partial charge on any atom is 0.311 e. The van der Waals surface area contributed by atoms with E-state index in [-0.39, 0.29) is 6.42 Å². The molecule has 1 aromatic rings. The normalized spacial score (nSPS) is 9.91. The fourth-order valence-corrected chi connectivity index (χ4v) is 0.855. The molecule has 2 N–H and O–H groups in total. The van der Waals surface area contributed by atoms with Gasteiger partial charge in [-0.1, -0.05) is 11.8 Å². The van der Waals surface area contributed by atoms with Crippen LogP contribution in [0.25, 0.3) is 0 Å². The number of aromatic nitrogens is 3. The molecule has 1 heterocycles. The molecule has 11 heavy (non-hydrogen) atoms. The number of carboxylic acid groups (broad SMARTS) is 1. The third-order valence-electron chi connectivity index (χ3n) is 0.968. The number of hydrogen-bond donors (Lipinski definition) is 2. The summed E-state index contributed by atoms with van der Waals surface area (Å²) in [4.78, 5) is 12.8. The Morgan fingerprint density at radius 2 is 2.45 bits per heavy atom. The third kappa shape index (κ3) is 2.23. The highest BCUT2D eigenvalue weighted by molar-refractivity contribution is 8.00. The van der Waals surface area contributed by atoms with Crippen LogP contribution in [0.5, 0.6) is 0 Å². The Morgan fingerprint density at radius 3 is 2.91 bits per heavy atom. The number of carbonyl (C=O) groups is 1. The van der Waals surface area contributed by atoms with Crippen LogP contribution in [0.2, 0.25) is 0 Å². The quantitative estimate of drug-likeness (QED) is 0.642. The highest BCUT2D eigenvalue weighted by atomic mass is 32.2. The lowest BCUT2D eigenvalue weighted by Crippen LogP contribution is -2.01. The first-order valence-corrected chi connectivity index (χ1v) is 3.76. The number of nitrogens with one attached hydrogen (secondary N) is 1. The molecular formula is C5H6N3O2S. The Balaban J connectivity index is 2.65. The summed E-state index contributed by atoms with van der Waals surface area (Å²) < 4.78 is 0. The second kappa shape index (κ2) is 3.38. The highest BCUT2D eigenvalue weighted by Gasteiger charge is 2.05. The Hall–Kier alpha value is -1.04. The average Bonchev–Trinajstić information content (AvgIpc) is 2.34. The predicted molar refractivity (Wildman–Crippen MR) is 38.9 cm³/mol. The van der Waals surface area contributed by atoms with E-state index >= 15 is 0 Å². The van der Waals surface area contributed by atoms with Gasteiger partial charge in [0.05, 0.1) is 0 Å². The molecule has 0 atom stereocenters. The molecule has 0 amide bonds. The first-order valence-electron chi connectivity index (χ1n) is 2.77. The van der Waals surface area contributed by atoms with Crippen molar-refractivity contribution < 1.29 is 9.90 Å². The molecule has 0 aliphatic carbocycles. The zero-order valence-corrected chi connectivity index (χ0v) is 6.39. The van der Waals surface area contributed by atoms with E-state index in [0.717, 1.165) is 11.8 Å². The van der Waals surface area contributed by atoms with Gasteiger partial charge in [-0.2, -0.15) is 0 Å². The summed E-state index contributed by atoms with van der Waals surface area (Å²) in [5, 5.41) is 16.1. The van der Waals surface area contributed by atoms with Gasteiger partial charge in [-0.05, 0) is 0 Å². The molecule has 0 aliphatic rings. The molecule has 0 aliphatic heterocycles. The molecule has 59 valence electrons. The monoisotopic (exact) mass is 172 g/mol. The summed E-state index contributed by atoms with van der Waals surface area (Å²) in [6, 6.07) is 0. The second-order valence-corrected chi connectivity index (χ2v) is 2.47. The van der Waals surface area contributed by atoms with Crippen molar-refractivity contribution in [2.24, 2.45) is 0 Å². The summed E-state index contributed by atoms with van der Waals surface area (Å²) in [6.07, 6.45) is 3.35. The van der Waals surface area contributed by atoms with Gasteiger partial charge in [-0.15, -0.1) is 10.2 Å². The fraction of sp³-hybridized carbons (Fsp3) is 0.200. The molecule has 1 rings (SSSR count).